The molecule has 6 aliphatic heterocycles. The summed E-state index contributed by atoms with van der Waals surface area (Å²) in [5, 5.41) is 26.7. The number of methoxy groups -OCH3 is 2. The summed E-state index contributed by atoms with van der Waals surface area (Å²) >= 11 is 0. The van der Waals surface area contributed by atoms with Crippen LogP contribution in [0.15, 0.2) is 59.3 Å². The molecular weight excluding hydrogens is 827 g/mol. The minimum absolute atomic E-state index is 0.0266. The second-order valence-electron chi connectivity index (χ2n) is 19.5. The first-order valence-corrected chi connectivity index (χ1v) is 23.3. The molecule has 1 amide bonds. The molecule has 15 nitrogen and oxygen atoms in total. The van der Waals surface area contributed by atoms with Crippen LogP contribution in [0.5, 0.6) is 0 Å². The molecule has 0 unspecified atom stereocenters. The topological polar surface area (TPSA) is 179 Å². The third-order valence-electron chi connectivity index (χ3n) is 14.4. The molecule has 15 heteroatoms. The zero-order chi connectivity index (χ0) is 46.2. The van der Waals surface area contributed by atoms with Crippen molar-refractivity contribution in [3.8, 4) is 0 Å². The summed E-state index contributed by atoms with van der Waals surface area (Å²) in [5.74, 6) is -2.81. The van der Waals surface area contributed by atoms with Crippen LogP contribution in [0.25, 0.3) is 0 Å². The Morgan fingerprint density at radius 1 is 0.906 bits per heavy atom. The number of aliphatic hydroxyl groups is 2. The summed E-state index contributed by atoms with van der Waals surface area (Å²) in [6.45, 7) is 17.5. The number of esters is 1. The Labute approximate surface area is 378 Å². The lowest BCUT2D eigenvalue weighted by molar-refractivity contribution is -0.311. The quantitative estimate of drug-likeness (QED) is 0.216. The Bertz CT molecular complexity index is 1830. The van der Waals surface area contributed by atoms with E-state index >= 15 is 0 Å². The van der Waals surface area contributed by atoms with E-state index in [2.05, 4.69) is 45.2 Å². The molecule has 1 spiro atoms. The maximum absolute atomic E-state index is 14.3. The molecule has 3 N–H and O–H groups in total. The van der Waals surface area contributed by atoms with Gasteiger partial charge in [0.2, 0.25) is 5.91 Å². The molecule has 0 aromatic rings. The second kappa shape index (κ2) is 20.2. The molecule has 0 aromatic heterocycles. The van der Waals surface area contributed by atoms with Crippen LogP contribution in [0.2, 0.25) is 0 Å². The number of rotatable bonds is 8. The van der Waals surface area contributed by atoms with E-state index in [1.807, 2.05) is 39.0 Å². The van der Waals surface area contributed by atoms with Crippen molar-refractivity contribution in [2.45, 2.75) is 192 Å². The van der Waals surface area contributed by atoms with Crippen molar-refractivity contribution < 1.29 is 67.2 Å². The molecule has 4 fully saturated rings. The fraction of sp³-hybridized carbons (Fsp3) is 0.755. The van der Waals surface area contributed by atoms with Crippen LogP contribution < -0.4 is 5.32 Å². The number of nitrogens with one attached hydrogen (secondary N) is 1. The van der Waals surface area contributed by atoms with E-state index in [0.29, 0.717) is 36.8 Å². The van der Waals surface area contributed by atoms with Gasteiger partial charge in [-0.3, -0.25) is 9.59 Å². The zero-order valence-electron chi connectivity index (χ0n) is 39.5. The molecule has 7 rings (SSSR count). The predicted molar refractivity (Wildman–Crippen MR) is 234 cm³/mol. The molecule has 2 bridgehead atoms. The third-order valence-corrected chi connectivity index (χ3v) is 14.4. The SMILES string of the molecule is CO[C@H]1C[C@H](O[C@H]2[C@H](C)O[C@@H](O[C@@H]3/C(C)=C/C[C@@H]4C[C@@H](C[C@]5(C=C[C@H](C)[C@@H](C(C)C)O5)O4)OC(=O)[C@@H]4C=C(C)[C@@H](O)[C@H]5OC/C(=C/C=C/[C@@H]3C)[C@]54O)C[C@@H]2OC)O[C@@H](C)[C@@H]1NC(C)=O. The van der Waals surface area contributed by atoms with Crippen molar-refractivity contribution in [3.05, 3.63) is 59.3 Å². The van der Waals surface area contributed by atoms with Gasteiger partial charge in [0.05, 0.1) is 55.4 Å². The Balaban J connectivity index is 1.16. The number of carbonyl (C=O) groups excluding carboxylic acids is 2. The van der Waals surface area contributed by atoms with Gasteiger partial charge in [-0.05, 0) is 62.8 Å². The van der Waals surface area contributed by atoms with Gasteiger partial charge in [-0.1, -0.05) is 64.2 Å². The number of amides is 1. The van der Waals surface area contributed by atoms with Crippen molar-refractivity contribution in [1.82, 2.24) is 5.32 Å². The summed E-state index contributed by atoms with van der Waals surface area (Å²) in [6, 6.07) is -0.314. The van der Waals surface area contributed by atoms with Crippen molar-refractivity contribution in [2.75, 3.05) is 20.8 Å². The van der Waals surface area contributed by atoms with Gasteiger partial charge < -0.3 is 62.9 Å². The number of carbonyl (C=O) groups is 2. The van der Waals surface area contributed by atoms with Gasteiger partial charge in [-0.15, -0.1) is 0 Å². The summed E-state index contributed by atoms with van der Waals surface area (Å²) in [7, 11) is 3.27. The third kappa shape index (κ3) is 10.2. The van der Waals surface area contributed by atoms with E-state index in [4.69, 9.17) is 47.4 Å². The predicted octanol–water partition coefficient (Wildman–Crippen LogP) is 5.13. The maximum Gasteiger partial charge on any atom is 0.316 e. The Morgan fingerprint density at radius 3 is 2.31 bits per heavy atom. The fourth-order valence-corrected chi connectivity index (χ4v) is 10.9. The highest BCUT2D eigenvalue weighted by Gasteiger charge is 2.60. The van der Waals surface area contributed by atoms with Crippen molar-refractivity contribution in [1.29, 1.82) is 0 Å². The van der Waals surface area contributed by atoms with Crippen LogP contribution in [0.1, 0.15) is 94.4 Å². The van der Waals surface area contributed by atoms with Crippen LogP contribution in [0, 0.1) is 23.7 Å². The molecular formula is C49H73NO14. The number of ether oxygens (including phenoxy) is 10. The first-order valence-electron chi connectivity index (χ1n) is 23.3. The first-order chi connectivity index (χ1) is 30.4. The summed E-state index contributed by atoms with van der Waals surface area (Å²) in [6.07, 6.45) is 8.46. The lowest BCUT2D eigenvalue weighted by Gasteiger charge is -2.48. The summed E-state index contributed by atoms with van der Waals surface area (Å²) in [5.41, 5.74) is 0.112. The molecule has 64 heavy (non-hydrogen) atoms. The molecule has 4 saturated heterocycles. The Kier molecular flexibility index (Phi) is 15.5. The number of hydrogen-bond donors (Lipinski definition) is 3. The maximum atomic E-state index is 14.3. The molecule has 358 valence electrons. The van der Waals surface area contributed by atoms with E-state index in [-0.39, 0.29) is 61.0 Å². The number of hydrogen-bond acceptors (Lipinski definition) is 14. The minimum Gasteiger partial charge on any atom is -0.462 e. The van der Waals surface area contributed by atoms with Crippen molar-refractivity contribution in [2.24, 2.45) is 23.7 Å². The van der Waals surface area contributed by atoms with Crippen LogP contribution in [0.3, 0.4) is 0 Å². The van der Waals surface area contributed by atoms with Gasteiger partial charge in [0.15, 0.2) is 18.4 Å². The zero-order valence-corrected chi connectivity index (χ0v) is 39.5. The molecule has 1 aliphatic carbocycles. The number of allylic oxidation sites excluding steroid dienone is 2. The van der Waals surface area contributed by atoms with Crippen LogP contribution in [0.4, 0.5) is 0 Å². The van der Waals surface area contributed by atoms with Crippen molar-refractivity contribution in [3.63, 3.8) is 0 Å². The minimum atomic E-state index is -1.84. The van der Waals surface area contributed by atoms with Crippen LogP contribution in [-0.4, -0.2) is 140 Å². The normalized spacial score (nSPS) is 47.4. The fourth-order valence-electron chi connectivity index (χ4n) is 10.9. The smallest absolute Gasteiger partial charge is 0.316 e. The summed E-state index contributed by atoms with van der Waals surface area (Å²) in [4.78, 5) is 26.2. The van der Waals surface area contributed by atoms with Gasteiger partial charge in [0, 0.05) is 58.7 Å². The number of fused-ring (bicyclic) bond motifs is 2. The Morgan fingerprint density at radius 2 is 1.61 bits per heavy atom. The monoisotopic (exact) mass is 900 g/mol. The standard InChI is InChI=1S/C49H73NO14/c1-25(2)43-28(5)17-18-48(64-43)23-35-20-34(63-48)16-15-27(4)44(26(3)13-12-14-33-24-57-46-42(52)29(6)19-36(47(53)60-35)49(33,46)54)61-40-22-38(56-11)45(31(8)59-40)62-39-21-37(55-10)41(30(7)58-39)50-32(9)51/h12-15,17-19,25-26,28,30-31,34-46,52,54H,16,20-24H2,1-11H3,(H,50,51)/b13-12+,27-15+,33-14-/t26-,28-,30-,31-,34+,35-,36-,37-,38-,39-,40-,41-,42+,43+,44-,45-,46+,48+,49+/m0/s1. The molecule has 0 aromatic carbocycles. The van der Waals surface area contributed by atoms with Gasteiger partial charge in [0.25, 0.3) is 0 Å². The lowest BCUT2D eigenvalue weighted by Crippen LogP contribution is -2.58. The molecule has 6 heterocycles. The van der Waals surface area contributed by atoms with Gasteiger partial charge in [0.1, 0.15) is 35.9 Å². The van der Waals surface area contributed by atoms with Crippen molar-refractivity contribution >= 4 is 11.9 Å². The first kappa shape index (κ1) is 49.1. The van der Waals surface area contributed by atoms with E-state index in [1.54, 1.807) is 33.3 Å². The largest absolute Gasteiger partial charge is 0.462 e. The highest BCUT2D eigenvalue weighted by Crippen LogP contribution is 2.47. The summed E-state index contributed by atoms with van der Waals surface area (Å²) < 4.78 is 64.2. The molecule has 7 aliphatic rings. The average Bonchev–Trinajstić information content (AvgIpc) is 3.58. The highest BCUT2D eigenvalue weighted by atomic mass is 16.7. The molecule has 0 saturated carbocycles. The van der Waals surface area contributed by atoms with Crippen LogP contribution >= 0.6 is 0 Å². The van der Waals surface area contributed by atoms with Gasteiger partial charge in [-0.25, -0.2) is 0 Å². The van der Waals surface area contributed by atoms with E-state index < -0.39 is 84.7 Å². The Hall–Kier alpha value is -2.80. The number of aliphatic hydroxyl groups excluding tert-OH is 1. The second-order valence-corrected chi connectivity index (χ2v) is 19.5. The van der Waals surface area contributed by atoms with E-state index in [0.717, 1.165) is 5.57 Å². The average molecular weight is 900 g/mol. The highest BCUT2D eigenvalue weighted by molar-refractivity contribution is 5.78. The van der Waals surface area contributed by atoms with E-state index in [1.165, 1.54) is 6.92 Å². The molecule has 0 radical (unpaired) electrons. The van der Waals surface area contributed by atoms with Gasteiger partial charge in [-0.2, -0.15) is 0 Å². The van der Waals surface area contributed by atoms with Crippen LogP contribution in [-0.2, 0) is 57.0 Å². The van der Waals surface area contributed by atoms with Gasteiger partial charge >= 0.3 is 5.97 Å². The molecule has 19 atom stereocenters. The lowest BCUT2D eigenvalue weighted by atomic mass is 9.71. The van der Waals surface area contributed by atoms with E-state index in [9.17, 15) is 19.8 Å².